The summed E-state index contributed by atoms with van der Waals surface area (Å²) in [5.41, 5.74) is 0.936. The highest BCUT2D eigenvalue weighted by Gasteiger charge is 2.15. The first-order valence-electron chi connectivity index (χ1n) is 6.90. The van der Waals surface area contributed by atoms with Crippen LogP contribution in [0.1, 0.15) is 24.4 Å². The number of hydrogen-bond donors (Lipinski definition) is 2. The number of carbonyl (C=O) groups is 1. The molecule has 0 spiro atoms. The smallest absolute Gasteiger partial charge is 0.315 e. The monoisotopic (exact) mass is 303 g/mol. The summed E-state index contributed by atoms with van der Waals surface area (Å²) in [5.74, 6) is 2.12. The number of aromatic nitrogens is 3. The van der Waals surface area contributed by atoms with Gasteiger partial charge in [-0.25, -0.2) is 4.79 Å². The van der Waals surface area contributed by atoms with Crippen molar-refractivity contribution >= 4 is 6.03 Å². The Labute approximate surface area is 127 Å². The van der Waals surface area contributed by atoms with Gasteiger partial charge in [-0.3, -0.25) is 0 Å². The maximum absolute atomic E-state index is 11.9. The zero-order chi connectivity index (χ0) is 15.5. The molecule has 3 rings (SSSR count). The van der Waals surface area contributed by atoms with Crippen LogP contribution in [-0.4, -0.2) is 27.6 Å². The van der Waals surface area contributed by atoms with Crippen molar-refractivity contribution in [3.63, 3.8) is 0 Å². The van der Waals surface area contributed by atoms with E-state index in [2.05, 4.69) is 20.8 Å². The molecule has 116 valence electrons. The van der Waals surface area contributed by atoms with Crippen LogP contribution in [0.2, 0.25) is 0 Å². The Kier molecular flexibility index (Phi) is 3.82. The van der Waals surface area contributed by atoms with E-state index < -0.39 is 0 Å². The lowest BCUT2D eigenvalue weighted by Crippen LogP contribution is -2.37. The van der Waals surface area contributed by atoms with Gasteiger partial charge in [-0.05, 0) is 24.6 Å². The normalized spacial score (nSPS) is 13.7. The van der Waals surface area contributed by atoms with E-state index in [9.17, 15) is 4.79 Å². The standard InChI is InChI=1S/C14H17N5O3/c1-9(13-18-16-7-19(13)2)17-14(20)15-6-10-3-4-11-12(5-10)22-8-21-11/h3-5,7,9H,6,8H2,1-2H3,(H2,15,17,20)/t9-/m0/s1. The quantitative estimate of drug-likeness (QED) is 0.883. The highest BCUT2D eigenvalue weighted by molar-refractivity contribution is 5.74. The predicted molar refractivity (Wildman–Crippen MR) is 77.4 cm³/mol. The second-order valence-electron chi connectivity index (χ2n) is 5.04. The molecule has 0 aliphatic carbocycles. The first-order chi connectivity index (χ1) is 10.6. The predicted octanol–water partition coefficient (Wildman–Crippen LogP) is 1.10. The van der Waals surface area contributed by atoms with Gasteiger partial charge in [0.1, 0.15) is 6.33 Å². The number of amides is 2. The van der Waals surface area contributed by atoms with E-state index in [0.29, 0.717) is 18.1 Å². The molecule has 1 atom stereocenters. The molecule has 2 aromatic rings. The van der Waals surface area contributed by atoms with Gasteiger partial charge in [0.05, 0.1) is 6.04 Å². The summed E-state index contributed by atoms with van der Waals surface area (Å²) < 4.78 is 12.3. The first kappa shape index (κ1) is 14.2. The van der Waals surface area contributed by atoms with Crippen molar-refractivity contribution in [1.29, 1.82) is 0 Å². The van der Waals surface area contributed by atoms with Crippen LogP contribution < -0.4 is 20.1 Å². The van der Waals surface area contributed by atoms with Gasteiger partial charge in [0, 0.05) is 13.6 Å². The Balaban J connectivity index is 1.53. The van der Waals surface area contributed by atoms with Crippen LogP contribution in [0, 0.1) is 0 Å². The molecule has 2 amide bonds. The molecule has 1 aliphatic heterocycles. The van der Waals surface area contributed by atoms with E-state index in [-0.39, 0.29) is 18.9 Å². The second-order valence-corrected chi connectivity index (χ2v) is 5.04. The average Bonchev–Trinajstić information content (AvgIpc) is 3.12. The van der Waals surface area contributed by atoms with Crippen molar-refractivity contribution in [3.05, 3.63) is 35.9 Å². The van der Waals surface area contributed by atoms with Crippen LogP contribution in [0.3, 0.4) is 0 Å². The second kappa shape index (κ2) is 5.92. The van der Waals surface area contributed by atoms with Gasteiger partial charge < -0.3 is 24.7 Å². The van der Waals surface area contributed by atoms with Crippen molar-refractivity contribution in [2.45, 2.75) is 19.5 Å². The van der Waals surface area contributed by atoms with Gasteiger partial charge in [-0.15, -0.1) is 10.2 Å². The topological polar surface area (TPSA) is 90.3 Å². The Morgan fingerprint density at radius 3 is 3.00 bits per heavy atom. The number of aryl methyl sites for hydroxylation is 1. The van der Waals surface area contributed by atoms with E-state index in [4.69, 9.17) is 9.47 Å². The van der Waals surface area contributed by atoms with Gasteiger partial charge in [-0.1, -0.05) is 6.07 Å². The minimum absolute atomic E-state index is 0.232. The number of nitrogens with one attached hydrogen (secondary N) is 2. The van der Waals surface area contributed by atoms with Crippen molar-refractivity contribution < 1.29 is 14.3 Å². The average molecular weight is 303 g/mol. The summed E-state index contributed by atoms with van der Waals surface area (Å²) >= 11 is 0. The third-order valence-electron chi connectivity index (χ3n) is 3.37. The summed E-state index contributed by atoms with van der Waals surface area (Å²) in [6.45, 7) is 2.49. The number of benzene rings is 1. The SMILES string of the molecule is C[C@H](NC(=O)NCc1ccc2c(c1)OCO2)c1nncn1C. The van der Waals surface area contributed by atoms with E-state index in [1.165, 1.54) is 0 Å². The molecule has 0 saturated heterocycles. The van der Waals surface area contributed by atoms with Crippen LogP contribution >= 0.6 is 0 Å². The van der Waals surface area contributed by atoms with E-state index in [0.717, 1.165) is 11.3 Å². The van der Waals surface area contributed by atoms with Crippen LogP contribution in [0.4, 0.5) is 4.79 Å². The number of carbonyl (C=O) groups excluding carboxylic acids is 1. The van der Waals surface area contributed by atoms with Gasteiger partial charge in [0.25, 0.3) is 0 Å². The van der Waals surface area contributed by atoms with Gasteiger partial charge in [-0.2, -0.15) is 0 Å². The summed E-state index contributed by atoms with van der Waals surface area (Å²) in [4.78, 5) is 11.9. The van der Waals surface area contributed by atoms with E-state index >= 15 is 0 Å². The van der Waals surface area contributed by atoms with Crippen LogP contribution in [-0.2, 0) is 13.6 Å². The van der Waals surface area contributed by atoms with Crippen LogP contribution in [0.5, 0.6) is 11.5 Å². The van der Waals surface area contributed by atoms with E-state index in [1.54, 1.807) is 10.9 Å². The number of nitrogens with zero attached hydrogens (tertiary/aromatic N) is 3. The summed E-state index contributed by atoms with van der Waals surface area (Å²) in [6, 6.07) is 5.08. The molecule has 0 bridgehead atoms. The lowest BCUT2D eigenvalue weighted by Gasteiger charge is -2.14. The molecule has 0 fully saturated rings. The molecule has 22 heavy (non-hydrogen) atoms. The summed E-state index contributed by atoms with van der Waals surface area (Å²) in [5, 5.41) is 13.4. The summed E-state index contributed by atoms with van der Waals surface area (Å²) in [7, 11) is 1.83. The van der Waals surface area contributed by atoms with Crippen molar-refractivity contribution in [2.75, 3.05) is 6.79 Å². The summed E-state index contributed by atoms with van der Waals surface area (Å²) in [6.07, 6.45) is 1.60. The van der Waals surface area contributed by atoms with Gasteiger partial charge in [0.15, 0.2) is 17.3 Å². The molecule has 0 radical (unpaired) electrons. The third kappa shape index (κ3) is 2.95. The molecule has 8 heteroatoms. The fourth-order valence-electron chi connectivity index (χ4n) is 2.23. The van der Waals surface area contributed by atoms with Crippen molar-refractivity contribution in [3.8, 4) is 11.5 Å². The highest BCUT2D eigenvalue weighted by atomic mass is 16.7. The fraction of sp³-hybridized carbons (Fsp3) is 0.357. The zero-order valence-corrected chi connectivity index (χ0v) is 12.4. The molecule has 2 N–H and O–H groups in total. The van der Waals surface area contributed by atoms with Gasteiger partial charge in [0.2, 0.25) is 6.79 Å². The highest BCUT2D eigenvalue weighted by Crippen LogP contribution is 2.32. The number of urea groups is 1. The Morgan fingerprint density at radius 1 is 1.41 bits per heavy atom. The zero-order valence-electron chi connectivity index (χ0n) is 12.4. The van der Waals surface area contributed by atoms with Crippen LogP contribution in [0.15, 0.2) is 24.5 Å². The largest absolute Gasteiger partial charge is 0.454 e. The van der Waals surface area contributed by atoms with E-state index in [1.807, 2.05) is 32.2 Å². The first-order valence-corrected chi connectivity index (χ1v) is 6.90. The number of ether oxygens (including phenoxy) is 2. The maximum Gasteiger partial charge on any atom is 0.315 e. The molecule has 0 unspecified atom stereocenters. The minimum atomic E-state index is -0.270. The van der Waals surface area contributed by atoms with Crippen LogP contribution in [0.25, 0.3) is 0 Å². The lowest BCUT2D eigenvalue weighted by atomic mass is 10.2. The molecular formula is C14H17N5O3. The molecule has 0 saturated carbocycles. The Hall–Kier alpha value is -2.77. The molecule has 1 aliphatic rings. The molecule has 1 aromatic heterocycles. The van der Waals surface area contributed by atoms with Crippen molar-refractivity contribution in [2.24, 2.45) is 7.05 Å². The molecule has 8 nitrogen and oxygen atoms in total. The van der Waals surface area contributed by atoms with Gasteiger partial charge >= 0.3 is 6.03 Å². The number of rotatable bonds is 4. The molecular weight excluding hydrogens is 286 g/mol. The molecule has 2 heterocycles. The molecule has 1 aromatic carbocycles. The number of hydrogen-bond acceptors (Lipinski definition) is 5. The Bertz CT molecular complexity index is 685. The van der Waals surface area contributed by atoms with Crippen molar-refractivity contribution in [1.82, 2.24) is 25.4 Å². The lowest BCUT2D eigenvalue weighted by molar-refractivity contribution is 0.174. The maximum atomic E-state index is 11.9. The number of fused-ring (bicyclic) bond motifs is 1. The Morgan fingerprint density at radius 2 is 2.23 bits per heavy atom. The minimum Gasteiger partial charge on any atom is -0.454 e. The fourth-order valence-corrected chi connectivity index (χ4v) is 2.23. The third-order valence-corrected chi connectivity index (χ3v) is 3.37.